The van der Waals surface area contributed by atoms with Crippen molar-refractivity contribution in [2.45, 2.75) is 96.9 Å². The second-order valence-electron chi connectivity index (χ2n) is 19.9. The number of aromatic nitrogens is 5. The van der Waals surface area contributed by atoms with E-state index in [1.54, 1.807) is 41.9 Å². The highest BCUT2D eigenvalue weighted by atomic mass is 79.9. The Balaban J connectivity index is 0.000000196. The van der Waals surface area contributed by atoms with Crippen LogP contribution in [-0.2, 0) is 13.2 Å². The van der Waals surface area contributed by atoms with Crippen LogP contribution in [0.3, 0.4) is 0 Å². The molecule has 2 saturated heterocycles. The van der Waals surface area contributed by atoms with Crippen LogP contribution in [0.4, 0.5) is 11.5 Å². The lowest BCUT2D eigenvalue weighted by atomic mass is 9.98. The van der Waals surface area contributed by atoms with E-state index >= 15 is 0 Å². The molecule has 2 aliphatic heterocycles. The third-order valence-corrected chi connectivity index (χ3v) is 15.8. The Morgan fingerprint density at radius 2 is 1.18 bits per heavy atom. The average Bonchev–Trinajstić information content (AvgIpc) is 4.02. The first-order valence-electron chi connectivity index (χ1n) is 23.7. The van der Waals surface area contributed by atoms with Crippen LogP contribution in [-0.4, -0.2) is 101 Å². The smallest absolute Gasteiger partial charge is 0.406 e. The summed E-state index contributed by atoms with van der Waals surface area (Å²) in [6, 6.07) is 13.6. The minimum absolute atomic E-state index is 0.0639. The molecule has 0 amide bonds. The highest BCUT2D eigenvalue weighted by molar-refractivity contribution is 9.10. The Morgan fingerprint density at radius 3 is 1.67 bits per heavy atom. The molecule has 0 saturated carbocycles. The van der Waals surface area contributed by atoms with Gasteiger partial charge in [0.15, 0.2) is 5.75 Å². The van der Waals surface area contributed by atoms with Gasteiger partial charge in [-0.2, -0.15) is 0 Å². The Hall–Kier alpha value is -5.72. The van der Waals surface area contributed by atoms with Gasteiger partial charge in [-0.1, -0.05) is 67.1 Å². The molecule has 0 atom stereocenters. The molecule has 0 N–H and O–H groups in total. The number of nitro groups is 2. The maximum absolute atomic E-state index is 11.6. The molecule has 0 aliphatic carbocycles. The largest absolute Gasteiger partial charge is 0.482 e. The van der Waals surface area contributed by atoms with Gasteiger partial charge in [0.25, 0.3) is 0 Å². The van der Waals surface area contributed by atoms with Crippen molar-refractivity contribution in [1.29, 1.82) is 0 Å². The molecule has 0 radical (unpaired) electrons. The zero-order chi connectivity index (χ0) is 52.0. The summed E-state index contributed by atoms with van der Waals surface area (Å²) in [5, 5.41) is 25.1. The second kappa shape index (κ2) is 25.8. The van der Waals surface area contributed by atoms with Crippen molar-refractivity contribution < 1.29 is 19.3 Å². The number of nitro benzene ring substituents is 1. The molecular weight excluding hydrogens is 1050 g/mol. The lowest BCUT2D eigenvalue weighted by Crippen LogP contribution is -2.29. The van der Waals surface area contributed by atoms with Crippen molar-refractivity contribution in [1.82, 2.24) is 34.7 Å². The highest BCUT2D eigenvalue weighted by Crippen LogP contribution is 2.38. The Morgan fingerprint density at radius 1 is 0.667 bits per heavy atom. The molecule has 6 aromatic rings. The topological polar surface area (TPSA) is 176 Å². The minimum atomic E-state index is -1.52. The predicted molar refractivity (Wildman–Crippen MR) is 296 cm³/mol. The van der Waals surface area contributed by atoms with Gasteiger partial charge in [-0.15, -0.1) is 33.8 Å². The number of pyridine rings is 3. The van der Waals surface area contributed by atoms with E-state index in [0.29, 0.717) is 17.3 Å². The molecule has 5 aromatic heterocycles. The zero-order valence-corrected chi connectivity index (χ0v) is 47.6. The van der Waals surface area contributed by atoms with Crippen LogP contribution >= 0.6 is 38.6 Å². The summed E-state index contributed by atoms with van der Waals surface area (Å²) in [6.45, 7) is 20.1. The number of halogens is 1. The van der Waals surface area contributed by atoms with E-state index in [-0.39, 0.29) is 36.2 Å². The standard InChI is InChI=1S/C25H29N5O3SSi.C17H17BrN2O3Si.C10H16N2S/c1-29-10-6-19(7-11-29)25-28-16-23(34-25)20-14-22(24(27-15-20)30(31)32)33-17-18-5-9-26-21(13-18)8-12-35(2,3)4;1-24(2,3)9-7-15-10-13(6-8-19-15)12-23-17-11-14(18)4-5-16(17)20(21)22;1-8-7-11-10(13-8)9-3-5-12(2)6-4-9/h5,9,13-16,19H,6-7,10-11,17H2,1-4H3;4-6,8,10-11H,12H2,1-3H3;7,9H,3-6H2,1-2H3. The van der Waals surface area contributed by atoms with E-state index in [4.69, 9.17) is 9.47 Å². The number of nitrogens with zero attached hydrogens (tertiary/aromatic N) is 9. The summed E-state index contributed by atoms with van der Waals surface area (Å²) in [5.74, 6) is 7.46. The van der Waals surface area contributed by atoms with Crippen LogP contribution in [0.25, 0.3) is 10.4 Å². The van der Waals surface area contributed by atoms with Gasteiger partial charge in [-0.05, 0) is 124 Å². The molecule has 72 heavy (non-hydrogen) atoms. The number of aryl methyl sites for hydroxylation is 1. The van der Waals surface area contributed by atoms with Crippen LogP contribution < -0.4 is 9.47 Å². The third-order valence-electron chi connectivity index (χ3n) is 11.3. The van der Waals surface area contributed by atoms with E-state index in [1.165, 1.54) is 48.1 Å². The van der Waals surface area contributed by atoms with Crippen LogP contribution in [0.5, 0.6) is 11.5 Å². The van der Waals surface area contributed by atoms with Gasteiger partial charge in [0, 0.05) is 69.7 Å². The number of benzene rings is 1. The molecule has 2 fully saturated rings. The fourth-order valence-electron chi connectivity index (χ4n) is 7.34. The molecule has 2 aliphatic rings. The lowest BCUT2D eigenvalue weighted by Gasteiger charge is -2.27. The first kappa shape index (κ1) is 55.6. The van der Waals surface area contributed by atoms with Crippen molar-refractivity contribution in [2.75, 3.05) is 40.3 Å². The van der Waals surface area contributed by atoms with Gasteiger partial charge < -0.3 is 29.4 Å². The molecule has 8 rings (SSSR count). The molecule has 20 heteroatoms. The normalized spacial score (nSPS) is 14.5. The van der Waals surface area contributed by atoms with E-state index in [9.17, 15) is 20.2 Å². The third kappa shape index (κ3) is 17.8. The second-order valence-corrected chi connectivity index (χ2v) is 32.6. The predicted octanol–water partition coefficient (Wildman–Crippen LogP) is 11.9. The zero-order valence-electron chi connectivity index (χ0n) is 42.4. The Bertz CT molecular complexity index is 2940. The molecule has 7 heterocycles. The number of likely N-dealkylation sites (tertiary alicyclic amines) is 2. The van der Waals surface area contributed by atoms with Crippen molar-refractivity contribution in [3.63, 3.8) is 0 Å². The van der Waals surface area contributed by atoms with Gasteiger partial charge in [0.2, 0.25) is 5.75 Å². The summed E-state index contributed by atoms with van der Waals surface area (Å²) < 4.78 is 12.2. The number of ether oxygens (including phenoxy) is 2. The fourth-order valence-corrected chi connectivity index (χ4v) is 10.7. The number of hydrogen-bond donors (Lipinski definition) is 0. The van der Waals surface area contributed by atoms with Crippen LogP contribution in [0.2, 0.25) is 39.3 Å². The van der Waals surface area contributed by atoms with E-state index in [1.807, 2.05) is 48.0 Å². The van der Waals surface area contributed by atoms with Gasteiger partial charge in [-0.25, -0.2) is 19.9 Å². The molecule has 378 valence electrons. The summed E-state index contributed by atoms with van der Waals surface area (Å²) in [7, 11) is 1.35. The number of thiazole rings is 2. The van der Waals surface area contributed by atoms with Crippen LogP contribution in [0, 0.1) is 50.1 Å². The molecule has 0 bridgehead atoms. The summed E-state index contributed by atoms with van der Waals surface area (Å²) in [5.41, 5.74) is 10.3. The molecule has 15 nitrogen and oxygen atoms in total. The lowest BCUT2D eigenvalue weighted by molar-refractivity contribution is -0.390. The van der Waals surface area contributed by atoms with Gasteiger partial charge in [-0.3, -0.25) is 10.1 Å². The fraction of sp³-hybridized carbons (Fsp3) is 0.404. The first-order valence-corrected chi connectivity index (χ1v) is 33.2. The first-order chi connectivity index (χ1) is 34.2. The van der Waals surface area contributed by atoms with Crippen molar-refractivity contribution in [3.05, 3.63) is 142 Å². The van der Waals surface area contributed by atoms with Crippen molar-refractivity contribution in [3.8, 4) is 44.9 Å². The van der Waals surface area contributed by atoms with Crippen LogP contribution in [0.15, 0.2) is 84.0 Å². The van der Waals surface area contributed by atoms with Gasteiger partial charge in [0.1, 0.15) is 46.9 Å². The highest BCUT2D eigenvalue weighted by Gasteiger charge is 2.25. The summed E-state index contributed by atoms with van der Waals surface area (Å²) >= 11 is 6.79. The number of hydrogen-bond acceptors (Lipinski definition) is 15. The summed E-state index contributed by atoms with van der Waals surface area (Å²) in [6.07, 6.45) is 13.4. The van der Waals surface area contributed by atoms with E-state index in [2.05, 4.69) is 134 Å². The van der Waals surface area contributed by atoms with Gasteiger partial charge >= 0.3 is 11.5 Å². The quantitative estimate of drug-likeness (QED) is 0.0519. The molecule has 0 unspecified atom stereocenters. The Kier molecular flexibility index (Phi) is 19.9. The molecule has 0 spiro atoms. The van der Waals surface area contributed by atoms with E-state index < -0.39 is 26.0 Å². The number of rotatable bonds is 11. The van der Waals surface area contributed by atoms with Gasteiger partial charge in [0.05, 0.1) is 19.8 Å². The average molecular weight is 1110 g/mol. The van der Waals surface area contributed by atoms with E-state index in [0.717, 1.165) is 62.9 Å². The van der Waals surface area contributed by atoms with Crippen molar-refractivity contribution >= 4 is 66.3 Å². The SMILES string of the molecule is CN1CCC(c2ncc(-c3cnc([N+](=O)[O-])c(OCc4ccnc(C#C[Si](C)(C)C)c4)c3)s2)CC1.C[Si](C)(C)C#Cc1cc(COc2cc(Br)ccc2[N+](=O)[O-])ccn1.Cc1cnc(C2CCN(C)CC2)s1. The monoisotopic (exact) mass is 1110 g/mol. The maximum Gasteiger partial charge on any atom is 0.406 e. The minimum Gasteiger partial charge on any atom is -0.482 e. The van der Waals surface area contributed by atoms with Crippen molar-refractivity contribution in [2.24, 2.45) is 0 Å². The maximum atomic E-state index is 11.6. The molecular formula is C52H62BrN9O6S2Si2. The van der Waals surface area contributed by atoms with Crippen LogP contribution in [0.1, 0.15) is 74.9 Å². The summed E-state index contributed by atoms with van der Waals surface area (Å²) in [4.78, 5) is 50.4. The Labute approximate surface area is 441 Å². The number of piperidine rings is 2. The molecule has 1 aromatic carbocycles.